The van der Waals surface area contributed by atoms with Crippen molar-refractivity contribution in [2.24, 2.45) is 0 Å². The van der Waals surface area contributed by atoms with Gasteiger partial charge in [-0.1, -0.05) is 17.7 Å². The molecule has 1 heterocycles. The number of rotatable bonds is 3. The van der Waals surface area contributed by atoms with Gasteiger partial charge in [-0.25, -0.2) is 4.68 Å². The van der Waals surface area contributed by atoms with E-state index >= 15 is 0 Å². The molecule has 0 saturated carbocycles. The van der Waals surface area contributed by atoms with Crippen LogP contribution in [0.3, 0.4) is 0 Å². The van der Waals surface area contributed by atoms with E-state index in [-0.39, 0.29) is 12.3 Å². The number of para-hydroxylation sites is 1. The summed E-state index contributed by atoms with van der Waals surface area (Å²) in [6, 6.07) is 6.96. The van der Waals surface area contributed by atoms with Crippen LogP contribution in [-0.4, -0.2) is 15.7 Å². The third kappa shape index (κ3) is 2.92. The average Bonchev–Trinajstić information content (AvgIpc) is 2.76. The third-order valence-corrected chi connectivity index (χ3v) is 2.75. The predicted molar refractivity (Wildman–Crippen MR) is 72.2 cm³/mol. The van der Waals surface area contributed by atoms with Crippen LogP contribution in [0.25, 0.3) is 5.69 Å². The molecule has 1 aromatic carbocycles. The first-order chi connectivity index (χ1) is 9.11. The number of hydrogen-bond acceptors (Lipinski definition) is 3. The molecule has 1 N–H and O–H groups in total. The highest BCUT2D eigenvalue weighted by Crippen LogP contribution is 2.28. The van der Waals surface area contributed by atoms with Crippen LogP contribution >= 0.6 is 11.6 Å². The number of carbonyl (C=O) groups excluding carboxylic acids is 1. The maximum atomic E-state index is 11.5. The molecule has 5 nitrogen and oxygen atoms in total. The van der Waals surface area contributed by atoms with Gasteiger partial charge in [-0.15, -0.1) is 0 Å². The lowest BCUT2D eigenvalue weighted by Crippen LogP contribution is -2.13. The number of nitriles is 1. The second kappa shape index (κ2) is 5.55. The second-order valence-electron chi connectivity index (χ2n) is 3.98. The van der Waals surface area contributed by atoms with Crippen LogP contribution in [0.5, 0.6) is 0 Å². The molecule has 19 heavy (non-hydrogen) atoms. The molecular weight excluding hydrogens is 264 g/mol. The number of amides is 1. The van der Waals surface area contributed by atoms with Gasteiger partial charge < -0.3 is 5.32 Å². The number of carbonyl (C=O) groups is 1. The van der Waals surface area contributed by atoms with E-state index in [1.165, 1.54) is 0 Å². The minimum absolute atomic E-state index is 0.204. The fourth-order valence-corrected chi connectivity index (χ4v) is 1.91. The lowest BCUT2D eigenvalue weighted by atomic mass is 10.2. The van der Waals surface area contributed by atoms with Crippen molar-refractivity contribution in [3.63, 3.8) is 0 Å². The maximum absolute atomic E-state index is 11.5. The molecule has 0 atom stereocenters. The van der Waals surface area contributed by atoms with E-state index in [2.05, 4.69) is 10.4 Å². The number of hydrogen-bond donors (Lipinski definition) is 1. The maximum Gasteiger partial charge on any atom is 0.238 e. The van der Waals surface area contributed by atoms with Crippen molar-refractivity contribution < 1.29 is 4.79 Å². The molecule has 6 heteroatoms. The van der Waals surface area contributed by atoms with Crippen molar-refractivity contribution in [3.05, 3.63) is 41.2 Å². The van der Waals surface area contributed by atoms with E-state index in [0.717, 1.165) is 5.56 Å². The molecule has 0 aliphatic rings. The molecule has 0 radical (unpaired) electrons. The summed E-state index contributed by atoms with van der Waals surface area (Å²) in [6.45, 7) is 1.91. The molecule has 0 saturated heterocycles. The number of halogens is 1. The Morgan fingerprint density at radius 1 is 1.58 bits per heavy atom. The minimum atomic E-state index is -0.380. The van der Waals surface area contributed by atoms with Gasteiger partial charge in [0.1, 0.15) is 12.1 Å². The zero-order valence-corrected chi connectivity index (χ0v) is 11.0. The average molecular weight is 275 g/mol. The molecule has 1 amide bonds. The van der Waals surface area contributed by atoms with Gasteiger partial charge in [0.2, 0.25) is 5.91 Å². The zero-order valence-electron chi connectivity index (χ0n) is 10.2. The number of aryl methyl sites for hydroxylation is 1. The van der Waals surface area contributed by atoms with Crippen LogP contribution in [0.2, 0.25) is 5.02 Å². The molecule has 1 aromatic heterocycles. The predicted octanol–water partition coefficient (Wildman–Crippen LogP) is 2.69. The smallest absolute Gasteiger partial charge is 0.238 e. The van der Waals surface area contributed by atoms with Gasteiger partial charge in [-0.05, 0) is 24.6 Å². The summed E-state index contributed by atoms with van der Waals surface area (Å²) in [6.07, 6.45) is 3.30. The summed E-state index contributed by atoms with van der Waals surface area (Å²) in [7, 11) is 0. The summed E-state index contributed by atoms with van der Waals surface area (Å²) in [5.74, 6) is -0.380. The number of anilines is 1. The van der Waals surface area contributed by atoms with Crippen molar-refractivity contribution in [1.82, 2.24) is 9.78 Å². The van der Waals surface area contributed by atoms with Gasteiger partial charge in [-0.2, -0.15) is 10.4 Å². The minimum Gasteiger partial charge on any atom is -0.323 e. The number of aromatic nitrogens is 2. The van der Waals surface area contributed by atoms with Gasteiger partial charge in [0.15, 0.2) is 0 Å². The van der Waals surface area contributed by atoms with Gasteiger partial charge in [0, 0.05) is 6.20 Å². The van der Waals surface area contributed by atoms with E-state index in [9.17, 15) is 4.79 Å². The van der Waals surface area contributed by atoms with Crippen LogP contribution in [-0.2, 0) is 4.79 Å². The number of benzene rings is 1. The van der Waals surface area contributed by atoms with Crippen molar-refractivity contribution in [2.75, 3.05) is 5.32 Å². The molecule has 0 fully saturated rings. The van der Waals surface area contributed by atoms with Crippen molar-refractivity contribution in [2.45, 2.75) is 13.3 Å². The van der Waals surface area contributed by atoms with Crippen LogP contribution in [0, 0.1) is 18.3 Å². The van der Waals surface area contributed by atoms with Crippen LogP contribution in [0.4, 0.5) is 5.69 Å². The van der Waals surface area contributed by atoms with Crippen LogP contribution in [0.15, 0.2) is 30.6 Å². The van der Waals surface area contributed by atoms with E-state index in [4.69, 9.17) is 16.9 Å². The Hall–Kier alpha value is -2.32. The summed E-state index contributed by atoms with van der Waals surface area (Å²) < 4.78 is 1.60. The van der Waals surface area contributed by atoms with Crippen molar-refractivity contribution in [1.29, 1.82) is 5.26 Å². The van der Waals surface area contributed by atoms with Gasteiger partial charge in [0.25, 0.3) is 0 Å². The number of nitrogens with zero attached hydrogens (tertiary/aromatic N) is 3. The second-order valence-corrected chi connectivity index (χ2v) is 4.39. The molecule has 0 aliphatic heterocycles. The third-order valence-electron chi connectivity index (χ3n) is 2.44. The highest BCUT2D eigenvalue weighted by Gasteiger charge is 2.12. The standard InChI is InChI=1S/C13H11ClN4O/c1-9-7-16-18(8-9)13-10(14)3-2-4-11(13)17-12(19)5-6-15/h2-4,7-8H,5H2,1H3,(H,17,19). The lowest BCUT2D eigenvalue weighted by Gasteiger charge is -2.11. The first-order valence-electron chi connectivity index (χ1n) is 5.59. The summed E-state index contributed by atoms with van der Waals surface area (Å²) in [5.41, 5.74) is 2.09. The quantitative estimate of drug-likeness (QED) is 0.935. The Labute approximate surface area is 115 Å². The zero-order chi connectivity index (χ0) is 13.8. The number of nitrogens with one attached hydrogen (secondary N) is 1. The molecule has 0 spiro atoms. The van der Waals surface area contributed by atoms with Gasteiger partial charge >= 0.3 is 0 Å². The summed E-state index contributed by atoms with van der Waals surface area (Å²) in [5, 5.41) is 15.8. The van der Waals surface area contributed by atoms with Crippen LogP contribution < -0.4 is 5.32 Å². The largest absolute Gasteiger partial charge is 0.323 e. The normalized spacial score (nSPS) is 9.95. The highest BCUT2D eigenvalue weighted by molar-refractivity contribution is 6.33. The SMILES string of the molecule is Cc1cnn(-c2c(Cl)cccc2NC(=O)CC#N)c1. The Balaban J connectivity index is 2.42. The lowest BCUT2D eigenvalue weighted by molar-refractivity contribution is -0.115. The molecular formula is C13H11ClN4O. The van der Waals surface area contributed by atoms with E-state index in [1.807, 2.05) is 6.92 Å². The van der Waals surface area contributed by atoms with E-state index in [1.54, 1.807) is 41.3 Å². The summed E-state index contributed by atoms with van der Waals surface area (Å²) >= 11 is 6.16. The fraction of sp³-hybridized carbons (Fsp3) is 0.154. The van der Waals surface area contributed by atoms with Gasteiger partial charge in [0.05, 0.1) is 23.0 Å². The molecule has 2 aromatic rings. The Kier molecular flexibility index (Phi) is 3.83. The molecule has 96 valence electrons. The first-order valence-corrected chi connectivity index (χ1v) is 5.96. The van der Waals surface area contributed by atoms with Crippen molar-refractivity contribution >= 4 is 23.2 Å². The topological polar surface area (TPSA) is 70.7 Å². The fourth-order valence-electron chi connectivity index (χ4n) is 1.65. The molecule has 0 unspecified atom stereocenters. The Bertz CT molecular complexity index is 657. The monoisotopic (exact) mass is 274 g/mol. The Morgan fingerprint density at radius 2 is 2.37 bits per heavy atom. The van der Waals surface area contributed by atoms with E-state index in [0.29, 0.717) is 16.4 Å². The first kappa shape index (κ1) is 13.1. The molecule has 2 rings (SSSR count). The van der Waals surface area contributed by atoms with Gasteiger partial charge in [-0.3, -0.25) is 4.79 Å². The molecule has 0 bridgehead atoms. The van der Waals surface area contributed by atoms with E-state index < -0.39 is 0 Å². The van der Waals surface area contributed by atoms with Crippen LogP contribution in [0.1, 0.15) is 12.0 Å². The Morgan fingerprint density at radius 3 is 3.00 bits per heavy atom. The summed E-state index contributed by atoms with van der Waals surface area (Å²) in [4.78, 5) is 11.5. The van der Waals surface area contributed by atoms with Crippen molar-refractivity contribution in [3.8, 4) is 11.8 Å². The highest BCUT2D eigenvalue weighted by atomic mass is 35.5. The molecule has 0 aliphatic carbocycles.